The van der Waals surface area contributed by atoms with Crippen LogP contribution in [0.25, 0.3) is 0 Å². The van der Waals surface area contributed by atoms with Gasteiger partial charge in [0.2, 0.25) is 6.29 Å². The summed E-state index contributed by atoms with van der Waals surface area (Å²) in [6, 6.07) is 0. The second kappa shape index (κ2) is 7.84. The third-order valence-corrected chi connectivity index (χ3v) is 2.76. The Hall–Kier alpha value is -1.63. The van der Waals surface area contributed by atoms with E-state index < -0.39 is 18.2 Å². The minimum atomic E-state index is -0.706. The van der Waals surface area contributed by atoms with E-state index in [9.17, 15) is 14.4 Å². The minimum Gasteiger partial charge on any atom is -0.466 e. The highest BCUT2D eigenvalue weighted by Gasteiger charge is 2.32. The van der Waals surface area contributed by atoms with E-state index >= 15 is 0 Å². The SMILES string of the molecule is CC(=O)OCC1CC(COC(C)=O)OC(OC(C)=O)C1. The molecule has 0 aromatic heterocycles. The van der Waals surface area contributed by atoms with E-state index in [2.05, 4.69) is 0 Å². The lowest BCUT2D eigenvalue weighted by molar-refractivity contribution is -0.218. The molecule has 20 heavy (non-hydrogen) atoms. The maximum Gasteiger partial charge on any atom is 0.304 e. The molecular weight excluding hydrogens is 268 g/mol. The van der Waals surface area contributed by atoms with Crippen molar-refractivity contribution in [1.82, 2.24) is 0 Å². The Labute approximate surface area is 117 Å². The van der Waals surface area contributed by atoms with Gasteiger partial charge in [-0.3, -0.25) is 14.4 Å². The van der Waals surface area contributed by atoms with Gasteiger partial charge in [-0.25, -0.2) is 0 Å². The monoisotopic (exact) mass is 288 g/mol. The van der Waals surface area contributed by atoms with E-state index in [0.29, 0.717) is 12.8 Å². The Kier molecular flexibility index (Phi) is 6.44. The van der Waals surface area contributed by atoms with Gasteiger partial charge in [-0.1, -0.05) is 0 Å². The molecule has 7 nitrogen and oxygen atoms in total. The molecule has 3 unspecified atom stereocenters. The average Bonchev–Trinajstić information content (AvgIpc) is 2.33. The predicted octanol–water partition coefficient (Wildman–Crippen LogP) is 0.797. The van der Waals surface area contributed by atoms with Gasteiger partial charge < -0.3 is 18.9 Å². The van der Waals surface area contributed by atoms with E-state index in [4.69, 9.17) is 18.9 Å². The van der Waals surface area contributed by atoms with Crippen molar-refractivity contribution in [3.05, 3.63) is 0 Å². The molecule has 0 bridgehead atoms. The summed E-state index contributed by atoms with van der Waals surface area (Å²) in [7, 11) is 0. The first-order valence-electron chi connectivity index (χ1n) is 6.46. The molecule has 7 heteroatoms. The Bertz CT molecular complexity index is 340. The van der Waals surface area contributed by atoms with E-state index in [0.717, 1.165) is 0 Å². The fourth-order valence-electron chi connectivity index (χ4n) is 2.02. The zero-order valence-electron chi connectivity index (χ0n) is 11.9. The maximum atomic E-state index is 11.0. The predicted molar refractivity (Wildman–Crippen MR) is 66.4 cm³/mol. The molecule has 1 fully saturated rings. The maximum absolute atomic E-state index is 11.0. The lowest BCUT2D eigenvalue weighted by atomic mass is 9.95. The van der Waals surface area contributed by atoms with E-state index in [1.54, 1.807) is 0 Å². The number of esters is 3. The van der Waals surface area contributed by atoms with E-state index in [-0.39, 0.29) is 31.2 Å². The second-order valence-corrected chi connectivity index (χ2v) is 4.74. The molecule has 1 heterocycles. The molecule has 0 saturated carbocycles. The first-order chi connectivity index (χ1) is 9.36. The summed E-state index contributed by atoms with van der Waals surface area (Å²) in [4.78, 5) is 32.6. The van der Waals surface area contributed by atoms with Gasteiger partial charge in [-0.15, -0.1) is 0 Å². The second-order valence-electron chi connectivity index (χ2n) is 4.74. The Morgan fingerprint density at radius 1 is 0.950 bits per heavy atom. The summed E-state index contributed by atoms with van der Waals surface area (Å²) in [5.74, 6) is -1.22. The van der Waals surface area contributed by atoms with Crippen molar-refractivity contribution in [2.24, 2.45) is 5.92 Å². The molecule has 0 spiro atoms. The van der Waals surface area contributed by atoms with Crippen molar-refractivity contribution in [1.29, 1.82) is 0 Å². The summed E-state index contributed by atoms with van der Waals surface area (Å²) in [6.45, 7) is 4.25. The standard InChI is InChI=1S/C13H20O7/c1-8(14)17-6-11-4-12(7-18-9(2)15)20-13(5-11)19-10(3)16/h11-13H,4-7H2,1-3H3. The largest absolute Gasteiger partial charge is 0.466 e. The summed E-state index contributed by atoms with van der Waals surface area (Å²) in [6.07, 6.45) is -0.0678. The number of hydrogen-bond donors (Lipinski definition) is 0. The van der Waals surface area contributed by atoms with Crippen molar-refractivity contribution in [3.63, 3.8) is 0 Å². The first kappa shape index (κ1) is 16.4. The fourth-order valence-corrected chi connectivity index (χ4v) is 2.02. The van der Waals surface area contributed by atoms with Crippen LogP contribution in [0.2, 0.25) is 0 Å². The molecular formula is C13H20O7. The molecule has 1 rings (SSSR count). The van der Waals surface area contributed by atoms with Crippen molar-refractivity contribution >= 4 is 17.9 Å². The summed E-state index contributed by atoms with van der Waals surface area (Å²) < 4.78 is 20.4. The number of carbonyl (C=O) groups is 3. The molecule has 0 aromatic rings. The van der Waals surface area contributed by atoms with Crippen LogP contribution in [0.5, 0.6) is 0 Å². The number of carbonyl (C=O) groups excluding carboxylic acids is 3. The molecule has 3 atom stereocenters. The highest BCUT2D eigenvalue weighted by Crippen LogP contribution is 2.26. The number of rotatable bonds is 5. The third kappa shape index (κ3) is 6.51. The molecule has 0 aromatic carbocycles. The van der Waals surface area contributed by atoms with Crippen LogP contribution < -0.4 is 0 Å². The van der Waals surface area contributed by atoms with Gasteiger partial charge in [0.1, 0.15) is 6.61 Å². The summed E-state index contributed by atoms with van der Waals surface area (Å²) in [5, 5.41) is 0. The van der Waals surface area contributed by atoms with Crippen molar-refractivity contribution in [2.45, 2.75) is 46.0 Å². The quantitative estimate of drug-likeness (QED) is 0.546. The van der Waals surface area contributed by atoms with Gasteiger partial charge in [0, 0.05) is 33.1 Å². The van der Waals surface area contributed by atoms with Crippen LogP contribution >= 0.6 is 0 Å². The van der Waals surface area contributed by atoms with Crippen LogP contribution in [0.15, 0.2) is 0 Å². The molecule has 114 valence electrons. The van der Waals surface area contributed by atoms with Gasteiger partial charge in [-0.05, 0) is 6.42 Å². The van der Waals surface area contributed by atoms with Gasteiger partial charge >= 0.3 is 17.9 Å². The topological polar surface area (TPSA) is 88.1 Å². The molecule has 0 aliphatic carbocycles. The molecule has 0 N–H and O–H groups in total. The van der Waals surface area contributed by atoms with Crippen LogP contribution in [-0.2, 0) is 33.3 Å². The van der Waals surface area contributed by atoms with Crippen molar-refractivity contribution in [3.8, 4) is 0 Å². The average molecular weight is 288 g/mol. The van der Waals surface area contributed by atoms with Crippen molar-refractivity contribution in [2.75, 3.05) is 13.2 Å². The molecule has 0 radical (unpaired) electrons. The lowest BCUT2D eigenvalue weighted by Gasteiger charge is -2.34. The first-order valence-corrected chi connectivity index (χ1v) is 6.46. The Balaban J connectivity index is 2.54. The van der Waals surface area contributed by atoms with Crippen LogP contribution in [0, 0.1) is 5.92 Å². The lowest BCUT2D eigenvalue weighted by Crippen LogP contribution is -2.39. The van der Waals surface area contributed by atoms with Gasteiger partial charge in [-0.2, -0.15) is 0 Å². The molecule has 1 aliphatic heterocycles. The Morgan fingerprint density at radius 3 is 2.10 bits per heavy atom. The highest BCUT2D eigenvalue weighted by atomic mass is 16.7. The summed E-state index contributed by atoms with van der Waals surface area (Å²) in [5.41, 5.74) is 0. The summed E-state index contributed by atoms with van der Waals surface area (Å²) >= 11 is 0. The third-order valence-electron chi connectivity index (χ3n) is 2.76. The van der Waals surface area contributed by atoms with Crippen LogP contribution in [-0.4, -0.2) is 43.5 Å². The minimum absolute atomic E-state index is 0.00226. The molecule has 0 amide bonds. The fraction of sp³-hybridized carbons (Fsp3) is 0.769. The van der Waals surface area contributed by atoms with Gasteiger partial charge in [0.25, 0.3) is 0 Å². The number of ether oxygens (including phenoxy) is 4. The van der Waals surface area contributed by atoms with Crippen molar-refractivity contribution < 1.29 is 33.3 Å². The molecule has 1 aliphatic rings. The number of hydrogen-bond acceptors (Lipinski definition) is 7. The van der Waals surface area contributed by atoms with Gasteiger partial charge in [0.15, 0.2) is 0 Å². The van der Waals surface area contributed by atoms with Gasteiger partial charge in [0.05, 0.1) is 12.7 Å². The van der Waals surface area contributed by atoms with Crippen LogP contribution in [0.3, 0.4) is 0 Å². The highest BCUT2D eigenvalue weighted by molar-refractivity contribution is 5.66. The van der Waals surface area contributed by atoms with E-state index in [1.165, 1.54) is 20.8 Å². The van der Waals surface area contributed by atoms with E-state index in [1.807, 2.05) is 0 Å². The molecule has 1 saturated heterocycles. The zero-order valence-corrected chi connectivity index (χ0v) is 11.9. The van der Waals surface area contributed by atoms with Crippen LogP contribution in [0.1, 0.15) is 33.6 Å². The normalized spacial score (nSPS) is 25.6. The smallest absolute Gasteiger partial charge is 0.304 e. The van der Waals surface area contributed by atoms with Crippen LogP contribution in [0.4, 0.5) is 0 Å². The zero-order chi connectivity index (χ0) is 15.1. The Morgan fingerprint density at radius 2 is 1.55 bits per heavy atom.